The number of hydrogen-bond donors (Lipinski definition) is 1. The Balaban J connectivity index is 2.81. The SMILES string of the molecule is CN(Cc1ccc(F)cc1Cl)C(C)(C)CO. The molecule has 90 valence electrons. The Morgan fingerprint density at radius 1 is 1.44 bits per heavy atom. The van der Waals surface area contributed by atoms with E-state index in [9.17, 15) is 9.50 Å². The van der Waals surface area contributed by atoms with Gasteiger partial charge in [-0.2, -0.15) is 0 Å². The predicted octanol–water partition coefficient (Wildman–Crippen LogP) is 2.68. The highest BCUT2D eigenvalue weighted by Crippen LogP contribution is 2.21. The molecule has 1 rings (SSSR count). The van der Waals surface area contributed by atoms with Crippen LogP contribution >= 0.6 is 11.6 Å². The van der Waals surface area contributed by atoms with Gasteiger partial charge >= 0.3 is 0 Å². The first-order chi connectivity index (χ1) is 7.36. The molecule has 0 unspecified atom stereocenters. The highest BCUT2D eigenvalue weighted by Gasteiger charge is 2.22. The molecule has 0 aliphatic rings. The lowest BCUT2D eigenvalue weighted by molar-refractivity contribution is 0.0734. The van der Waals surface area contributed by atoms with Crippen molar-refractivity contribution in [1.29, 1.82) is 0 Å². The summed E-state index contributed by atoms with van der Waals surface area (Å²) in [5, 5.41) is 9.64. The quantitative estimate of drug-likeness (QED) is 0.882. The van der Waals surface area contributed by atoms with E-state index in [4.69, 9.17) is 11.6 Å². The van der Waals surface area contributed by atoms with E-state index in [0.717, 1.165) is 5.56 Å². The topological polar surface area (TPSA) is 23.5 Å². The highest BCUT2D eigenvalue weighted by atomic mass is 35.5. The molecule has 0 saturated carbocycles. The number of aliphatic hydroxyl groups excluding tert-OH is 1. The molecule has 16 heavy (non-hydrogen) atoms. The molecule has 0 bridgehead atoms. The van der Waals surface area contributed by atoms with Crippen molar-refractivity contribution >= 4 is 11.6 Å². The largest absolute Gasteiger partial charge is 0.394 e. The lowest BCUT2D eigenvalue weighted by Crippen LogP contribution is -2.43. The fourth-order valence-electron chi connectivity index (χ4n) is 1.24. The maximum Gasteiger partial charge on any atom is 0.124 e. The molecule has 0 aromatic heterocycles. The monoisotopic (exact) mass is 245 g/mol. The van der Waals surface area contributed by atoms with E-state index < -0.39 is 0 Å². The Bertz CT molecular complexity index is 368. The first-order valence-corrected chi connectivity index (χ1v) is 5.50. The molecule has 0 aliphatic heterocycles. The molecular formula is C12H17ClFNO. The van der Waals surface area contributed by atoms with Crippen LogP contribution in [0.25, 0.3) is 0 Å². The third kappa shape index (κ3) is 3.17. The Labute approximate surface area is 101 Å². The first kappa shape index (κ1) is 13.4. The van der Waals surface area contributed by atoms with E-state index in [1.807, 2.05) is 25.8 Å². The van der Waals surface area contributed by atoms with Crippen molar-refractivity contribution in [2.45, 2.75) is 25.9 Å². The summed E-state index contributed by atoms with van der Waals surface area (Å²) in [7, 11) is 1.90. The first-order valence-electron chi connectivity index (χ1n) is 5.13. The summed E-state index contributed by atoms with van der Waals surface area (Å²) in [6.07, 6.45) is 0. The summed E-state index contributed by atoms with van der Waals surface area (Å²) in [4.78, 5) is 1.98. The summed E-state index contributed by atoms with van der Waals surface area (Å²) in [5.41, 5.74) is 0.532. The van der Waals surface area contributed by atoms with Crippen molar-refractivity contribution in [3.8, 4) is 0 Å². The molecule has 0 fully saturated rings. The molecular weight excluding hydrogens is 229 g/mol. The van der Waals surface area contributed by atoms with Crippen molar-refractivity contribution in [2.75, 3.05) is 13.7 Å². The van der Waals surface area contributed by atoms with Crippen LogP contribution in [-0.2, 0) is 6.54 Å². The molecule has 0 saturated heterocycles. The van der Waals surface area contributed by atoms with Crippen LogP contribution < -0.4 is 0 Å². The number of likely N-dealkylation sites (N-methyl/N-ethyl adjacent to an activating group) is 1. The van der Waals surface area contributed by atoms with Crippen LogP contribution in [0.1, 0.15) is 19.4 Å². The minimum Gasteiger partial charge on any atom is -0.394 e. The standard InChI is InChI=1S/C12H17ClFNO/c1-12(2,8-16)15(3)7-9-4-5-10(14)6-11(9)13/h4-6,16H,7-8H2,1-3H3. The summed E-state index contributed by atoms with van der Waals surface area (Å²) < 4.78 is 12.8. The summed E-state index contributed by atoms with van der Waals surface area (Å²) in [6, 6.07) is 4.36. The van der Waals surface area contributed by atoms with Gasteiger partial charge in [-0.3, -0.25) is 4.90 Å². The van der Waals surface area contributed by atoms with Crippen LogP contribution in [0.5, 0.6) is 0 Å². The molecule has 0 heterocycles. The van der Waals surface area contributed by atoms with Gasteiger partial charge < -0.3 is 5.11 Å². The summed E-state index contributed by atoms with van der Waals surface area (Å²) >= 11 is 5.94. The smallest absolute Gasteiger partial charge is 0.124 e. The number of rotatable bonds is 4. The van der Waals surface area contributed by atoms with Crippen LogP contribution in [0.3, 0.4) is 0 Å². The van der Waals surface area contributed by atoms with Gasteiger partial charge in [-0.15, -0.1) is 0 Å². The van der Waals surface area contributed by atoms with Gasteiger partial charge in [-0.25, -0.2) is 4.39 Å². The Kier molecular flexibility index (Phi) is 4.30. The molecule has 0 amide bonds. The average molecular weight is 246 g/mol. The fourth-order valence-corrected chi connectivity index (χ4v) is 1.47. The maximum absolute atomic E-state index is 12.8. The van der Waals surface area contributed by atoms with E-state index in [1.54, 1.807) is 6.07 Å². The zero-order chi connectivity index (χ0) is 12.3. The second-order valence-corrected chi connectivity index (χ2v) is 4.97. The lowest BCUT2D eigenvalue weighted by atomic mass is 10.0. The van der Waals surface area contributed by atoms with E-state index in [2.05, 4.69) is 0 Å². The third-order valence-corrected chi connectivity index (χ3v) is 3.19. The van der Waals surface area contributed by atoms with E-state index in [1.165, 1.54) is 12.1 Å². The number of aliphatic hydroxyl groups is 1. The molecule has 1 N–H and O–H groups in total. The number of nitrogens with zero attached hydrogens (tertiary/aromatic N) is 1. The van der Waals surface area contributed by atoms with Gasteiger partial charge in [0.2, 0.25) is 0 Å². The predicted molar refractivity (Wildman–Crippen MR) is 64.0 cm³/mol. The normalized spacial score (nSPS) is 12.2. The van der Waals surface area contributed by atoms with E-state index in [-0.39, 0.29) is 18.0 Å². The summed E-state index contributed by atoms with van der Waals surface area (Å²) in [5.74, 6) is -0.335. The molecule has 0 spiro atoms. The van der Waals surface area contributed by atoms with Crippen molar-refractivity contribution in [3.63, 3.8) is 0 Å². The van der Waals surface area contributed by atoms with Gasteiger partial charge in [0.15, 0.2) is 0 Å². The number of benzene rings is 1. The number of hydrogen-bond acceptors (Lipinski definition) is 2. The molecule has 0 atom stereocenters. The summed E-state index contributed by atoms with van der Waals surface area (Å²) in [6.45, 7) is 4.50. The van der Waals surface area contributed by atoms with Crippen molar-refractivity contribution in [1.82, 2.24) is 4.90 Å². The maximum atomic E-state index is 12.8. The van der Waals surface area contributed by atoms with Crippen molar-refractivity contribution in [2.24, 2.45) is 0 Å². The zero-order valence-corrected chi connectivity index (χ0v) is 10.6. The molecule has 4 heteroatoms. The van der Waals surface area contributed by atoms with Gasteiger partial charge in [0, 0.05) is 17.1 Å². The highest BCUT2D eigenvalue weighted by molar-refractivity contribution is 6.31. The van der Waals surface area contributed by atoms with Crippen LogP contribution in [-0.4, -0.2) is 29.2 Å². The second-order valence-electron chi connectivity index (χ2n) is 4.56. The minimum absolute atomic E-state index is 0.0579. The molecule has 1 aromatic rings. The average Bonchev–Trinajstić information content (AvgIpc) is 2.22. The molecule has 0 radical (unpaired) electrons. The molecule has 1 aromatic carbocycles. The van der Waals surface area contributed by atoms with Crippen LogP contribution in [0.15, 0.2) is 18.2 Å². The minimum atomic E-state index is -0.335. The molecule has 2 nitrogen and oxygen atoms in total. The lowest BCUT2D eigenvalue weighted by Gasteiger charge is -2.34. The van der Waals surface area contributed by atoms with Crippen molar-refractivity contribution in [3.05, 3.63) is 34.6 Å². The third-order valence-electron chi connectivity index (χ3n) is 2.84. The Morgan fingerprint density at radius 3 is 2.56 bits per heavy atom. The van der Waals surface area contributed by atoms with Crippen LogP contribution in [0.2, 0.25) is 5.02 Å². The van der Waals surface area contributed by atoms with Gasteiger partial charge in [0.25, 0.3) is 0 Å². The zero-order valence-electron chi connectivity index (χ0n) is 9.80. The second kappa shape index (κ2) is 5.13. The van der Waals surface area contributed by atoms with Gasteiger partial charge in [-0.1, -0.05) is 17.7 Å². The van der Waals surface area contributed by atoms with Crippen LogP contribution in [0.4, 0.5) is 4.39 Å². The molecule has 0 aliphatic carbocycles. The van der Waals surface area contributed by atoms with Gasteiger partial charge in [0.1, 0.15) is 5.82 Å². The van der Waals surface area contributed by atoms with Crippen molar-refractivity contribution < 1.29 is 9.50 Å². The van der Waals surface area contributed by atoms with Crippen LogP contribution in [0, 0.1) is 5.82 Å². The van der Waals surface area contributed by atoms with E-state index >= 15 is 0 Å². The Hall–Kier alpha value is -0.640. The Morgan fingerprint density at radius 2 is 2.06 bits per heavy atom. The number of halogens is 2. The van der Waals surface area contributed by atoms with Gasteiger partial charge in [0.05, 0.1) is 6.61 Å². The van der Waals surface area contributed by atoms with Gasteiger partial charge in [-0.05, 0) is 38.6 Å². The fraction of sp³-hybridized carbons (Fsp3) is 0.500. The van der Waals surface area contributed by atoms with E-state index in [0.29, 0.717) is 11.6 Å².